The molecule has 0 amide bonds. The molecule has 0 heterocycles. The fourth-order valence-corrected chi connectivity index (χ4v) is 12.0. The second kappa shape index (κ2) is 64.9. The van der Waals surface area contributed by atoms with Crippen molar-refractivity contribution < 1.29 is 80.2 Å². The molecule has 0 aliphatic heterocycles. The summed E-state index contributed by atoms with van der Waals surface area (Å²) >= 11 is 0. The van der Waals surface area contributed by atoms with Gasteiger partial charge >= 0.3 is 39.5 Å². The van der Waals surface area contributed by atoms with Gasteiger partial charge in [-0.2, -0.15) is 0 Å². The molecule has 2 unspecified atom stereocenters. The van der Waals surface area contributed by atoms with Crippen molar-refractivity contribution in [3.8, 4) is 0 Å². The van der Waals surface area contributed by atoms with Gasteiger partial charge in [-0.3, -0.25) is 37.3 Å². The van der Waals surface area contributed by atoms with E-state index in [1.807, 2.05) is 0 Å². The van der Waals surface area contributed by atoms with Gasteiger partial charge in [0.05, 0.1) is 26.4 Å². The van der Waals surface area contributed by atoms with Crippen LogP contribution in [0.4, 0.5) is 0 Å². The molecular formula is C72H136O17P2. The Labute approximate surface area is 554 Å². The maximum absolute atomic E-state index is 13.0. The van der Waals surface area contributed by atoms with Crippen LogP contribution >= 0.6 is 15.6 Å². The van der Waals surface area contributed by atoms with Gasteiger partial charge in [0.2, 0.25) is 0 Å². The minimum atomic E-state index is -4.96. The molecule has 0 aromatic rings. The number of ether oxygens (including phenoxy) is 4. The number of unbranched alkanes of at least 4 members (excludes halogenated alkanes) is 39. The highest BCUT2D eigenvalue weighted by Gasteiger charge is 2.30. The number of hydrogen-bond donors (Lipinski definition) is 3. The van der Waals surface area contributed by atoms with Gasteiger partial charge in [0.25, 0.3) is 0 Å². The molecule has 17 nitrogen and oxygen atoms in total. The Morgan fingerprint density at radius 2 is 0.593 bits per heavy atom. The second-order valence-electron chi connectivity index (χ2n) is 25.8. The molecule has 0 aliphatic carbocycles. The lowest BCUT2D eigenvalue weighted by molar-refractivity contribution is -0.161. The molecular weight excluding hydrogens is 1200 g/mol. The number of esters is 4. The van der Waals surface area contributed by atoms with E-state index in [4.69, 9.17) is 37.0 Å². The molecule has 0 aliphatic rings. The minimum absolute atomic E-state index is 0.100. The third kappa shape index (κ3) is 66.0. The fraction of sp³-hybridized carbons (Fsp3) is 0.889. The Bertz CT molecular complexity index is 1850. The SMILES string of the molecule is CCCCCC/C=C\C=C/CCCCCCCC(=O)OC[C@H](COP(=O)(O)OC[C@@H](O)COP(=O)(O)OC[C@@H](COC(=O)CCCCCCC)OC(=O)CCCCCCCCCC(C)C)OC(=O)CCCCCCCCCCCCCCCCCCCCCCC. The molecule has 0 saturated carbocycles. The van der Waals surface area contributed by atoms with Crippen molar-refractivity contribution in [2.45, 2.75) is 368 Å². The van der Waals surface area contributed by atoms with Crippen LogP contribution in [0.1, 0.15) is 349 Å². The number of aliphatic hydroxyl groups excluding tert-OH is 1. The van der Waals surface area contributed by atoms with Crippen molar-refractivity contribution >= 4 is 39.5 Å². The van der Waals surface area contributed by atoms with Crippen molar-refractivity contribution in [3.05, 3.63) is 24.3 Å². The highest BCUT2D eigenvalue weighted by Crippen LogP contribution is 2.45. The fourth-order valence-electron chi connectivity index (χ4n) is 10.5. The lowest BCUT2D eigenvalue weighted by Gasteiger charge is -2.21. The average molecular weight is 1340 g/mol. The summed E-state index contributed by atoms with van der Waals surface area (Å²) in [4.78, 5) is 72.2. The number of phosphoric ester groups is 2. The molecule has 5 atom stereocenters. The van der Waals surface area contributed by atoms with Gasteiger partial charge in [0.15, 0.2) is 12.2 Å². The molecule has 0 fully saturated rings. The summed E-state index contributed by atoms with van der Waals surface area (Å²) in [6.45, 7) is 7.03. The van der Waals surface area contributed by atoms with Crippen LogP contribution in [0, 0.1) is 5.92 Å². The van der Waals surface area contributed by atoms with Crippen LogP contribution in [-0.2, 0) is 65.4 Å². The Hall–Kier alpha value is -2.46. The van der Waals surface area contributed by atoms with Gasteiger partial charge in [0, 0.05) is 25.7 Å². The first kappa shape index (κ1) is 88.5. The van der Waals surface area contributed by atoms with Crippen LogP contribution in [0.15, 0.2) is 24.3 Å². The average Bonchev–Trinajstić information content (AvgIpc) is 3.70. The van der Waals surface area contributed by atoms with Crippen LogP contribution in [0.2, 0.25) is 0 Å². The van der Waals surface area contributed by atoms with Crippen LogP contribution in [0.3, 0.4) is 0 Å². The van der Waals surface area contributed by atoms with Crippen molar-refractivity contribution in [2.75, 3.05) is 39.6 Å². The van der Waals surface area contributed by atoms with E-state index in [0.29, 0.717) is 31.6 Å². The monoisotopic (exact) mass is 1330 g/mol. The Morgan fingerprint density at radius 1 is 0.341 bits per heavy atom. The number of aliphatic hydroxyl groups is 1. The summed E-state index contributed by atoms with van der Waals surface area (Å²) in [5.41, 5.74) is 0. The first-order valence-electron chi connectivity index (χ1n) is 37.0. The first-order chi connectivity index (χ1) is 44.0. The van der Waals surface area contributed by atoms with E-state index in [1.165, 1.54) is 148 Å². The second-order valence-corrected chi connectivity index (χ2v) is 28.7. The van der Waals surface area contributed by atoms with Gasteiger partial charge in [-0.15, -0.1) is 0 Å². The van der Waals surface area contributed by atoms with Crippen LogP contribution in [0.25, 0.3) is 0 Å². The van der Waals surface area contributed by atoms with E-state index in [0.717, 1.165) is 116 Å². The smallest absolute Gasteiger partial charge is 0.462 e. The van der Waals surface area contributed by atoms with Gasteiger partial charge < -0.3 is 33.8 Å². The molecule has 0 aromatic carbocycles. The molecule has 0 aromatic heterocycles. The van der Waals surface area contributed by atoms with Gasteiger partial charge in [-0.25, -0.2) is 9.13 Å². The first-order valence-corrected chi connectivity index (χ1v) is 39.9. The zero-order valence-corrected chi connectivity index (χ0v) is 60.3. The number of carbonyl (C=O) groups is 4. The van der Waals surface area contributed by atoms with E-state index in [9.17, 15) is 43.2 Å². The van der Waals surface area contributed by atoms with E-state index in [-0.39, 0.29) is 25.7 Å². The highest BCUT2D eigenvalue weighted by atomic mass is 31.2. The summed E-state index contributed by atoms with van der Waals surface area (Å²) in [7, 11) is -9.90. The lowest BCUT2D eigenvalue weighted by atomic mass is 10.0. The molecule has 91 heavy (non-hydrogen) atoms. The Morgan fingerprint density at radius 3 is 0.901 bits per heavy atom. The number of allylic oxidation sites excluding steroid dienone is 4. The van der Waals surface area contributed by atoms with Gasteiger partial charge in [0.1, 0.15) is 19.3 Å². The van der Waals surface area contributed by atoms with E-state index < -0.39 is 97.5 Å². The van der Waals surface area contributed by atoms with Crippen molar-refractivity contribution in [1.82, 2.24) is 0 Å². The van der Waals surface area contributed by atoms with Crippen molar-refractivity contribution in [3.63, 3.8) is 0 Å². The quantitative estimate of drug-likeness (QED) is 0.0169. The number of hydrogen-bond acceptors (Lipinski definition) is 15. The standard InChI is InChI=1S/C72H136O17P2/c1-6-9-12-15-17-19-21-23-25-26-27-28-29-30-32-34-36-38-42-47-52-57-71(76)89-68(62-83-70(75)56-51-46-41-37-35-33-31-24-22-20-18-16-13-10-7-2)64-87-91(80,81)85-60-66(73)59-84-90(78,79)86-63-67(61-82-69(74)55-50-44-14-11-8-3)88-72(77)58-53-48-43-39-40-45-49-54-65(4)5/h20,22,24,31,65-68,73H,6-19,21,23,25-30,32-64H2,1-5H3,(H,78,79)(H,80,81)/b22-20-,31-24-/t66-,67+,68+/m0/s1. The topological polar surface area (TPSA) is 237 Å². The van der Waals surface area contributed by atoms with Gasteiger partial charge in [-0.1, -0.05) is 296 Å². The van der Waals surface area contributed by atoms with E-state index in [1.54, 1.807) is 0 Å². The summed E-state index contributed by atoms with van der Waals surface area (Å²) in [5.74, 6) is -1.47. The molecule has 0 rings (SSSR count). The predicted octanol–water partition coefficient (Wildman–Crippen LogP) is 20.5. The van der Waals surface area contributed by atoms with Gasteiger partial charge in [-0.05, 0) is 57.3 Å². The molecule has 0 radical (unpaired) electrons. The third-order valence-corrected chi connectivity index (χ3v) is 18.1. The molecule has 0 saturated heterocycles. The minimum Gasteiger partial charge on any atom is -0.462 e. The molecule has 0 spiro atoms. The van der Waals surface area contributed by atoms with E-state index >= 15 is 0 Å². The summed E-state index contributed by atoms with van der Waals surface area (Å²) in [6, 6.07) is 0. The Balaban J connectivity index is 5.15. The molecule has 19 heteroatoms. The number of phosphoric acid groups is 2. The van der Waals surface area contributed by atoms with Crippen molar-refractivity contribution in [1.29, 1.82) is 0 Å². The normalized spacial score (nSPS) is 14.2. The maximum Gasteiger partial charge on any atom is 0.472 e. The van der Waals surface area contributed by atoms with E-state index in [2.05, 4.69) is 58.9 Å². The molecule has 536 valence electrons. The number of rotatable bonds is 70. The third-order valence-electron chi connectivity index (χ3n) is 16.2. The Kier molecular flexibility index (Phi) is 63.1. The maximum atomic E-state index is 13.0. The molecule has 3 N–H and O–H groups in total. The summed E-state index contributed by atoms with van der Waals surface area (Å²) in [6.07, 6.45) is 55.6. The lowest BCUT2D eigenvalue weighted by Crippen LogP contribution is -2.30. The largest absolute Gasteiger partial charge is 0.472 e. The predicted molar refractivity (Wildman–Crippen MR) is 368 cm³/mol. The van der Waals surface area contributed by atoms with Crippen LogP contribution < -0.4 is 0 Å². The molecule has 0 bridgehead atoms. The summed E-state index contributed by atoms with van der Waals surface area (Å²) in [5, 5.41) is 10.6. The van der Waals surface area contributed by atoms with Crippen LogP contribution in [-0.4, -0.2) is 96.7 Å². The summed E-state index contributed by atoms with van der Waals surface area (Å²) < 4.78 is 68.0. The van der Waals surface area contributed by atoms with Crippen molar-refractivity contribution in [2.24, 2.45) is 5.92 Å². The zero-order chi connectivity index (χ0) is 67.0. The zero-order valence-electron chi connectivity index (χ0n) is 58.5. The van der Waals surface area contributed by atoms with Crippen LogP contribution in [0.5, 0.6) is 0 Å². The highest BCUT2D eigenvalue weighted by molar-refractivity contribution is 7.47. The number of carbonyl (C=O) groups excluding carboxylic acids is 4.